The van der Waals surface area contributed by atoms with E-state index in [-0.39, 0.29) is 25.2 Å². The molecule has 1 saturated heterocycles. The van der Waals surface area contributed by atoms with Crippen molar-refractivity contribution in [1.29, 1.82) is 0 Å². The number of ether oxygens (including phenoxy) is 3. The summed E-state index contributed by atoms with van der Waals surface area (Å²) < 4.78 is 16.9. The standard InChI is InChI=1S/C27H21ClN2O5S2/c1-16-20(28)6-3-7-21(16)29-25(31)14-33-19-5-2-4-17(10-19)12-24-26(32)30(27(36)37-24)13-18-8-9-22-23(11-18)35-15-34-22/h2-12H,13-15H2,1H3,(H,29,31)/b24-12-. The lowest BCUT2D eigenvalue weighted by Gasteiger charge is -2.14. The smallest absolute Gasteiger partial charge is 0.266 e. The molecule has 0 spiro atoms. The number of nitrogens with one attached hydrogen (secondary N) is 1. The molecular weight excluding hydrogens is 532 g/mol. The molecule has 0 aromatic heterocycles. The predicted molar refractivity (Wildman–Crippen MR) is 148 cm³/mol. The summed E-state index contributed by atoms with van der Waals surface area (Å²) in [6, 6.07) is 18.1. The summed E-state index contributed by atoms with van der Waals surface area (Å²) in [5, 5.41) is 3.38. The quantitative estimate of drug-likeness (QED) is 0.293. The summed E-state index contributed by atoms with van der Waals surface area (Å²) >= 11 is 12.8. The summed E-state index contributed by atoms with van der Waals surface area (Å²) in [5.74, 6) is 1.37. The number of nitrogens with zero attached hydrogens (tertiary/aromatic N) is 1. The Kier molecular flexibility index (Phi) is 7.36. The molecule has 2 heterocycles. The molecule has 188 valence electrons. The second kappa shape index (κ2) is 10.8. The van der Waals surface area contributed by atoms with Crippen LogP contribution in [0, 0.1) is 6.92 Å². The Morgan fingerprint density at radius 3 is 2.84 bits per heavy atom. The highest BCUT2D eigenvalue weighted by Gasteiger charge is 2.32. The van der Waals surface area contributed by atoms with Crippen LogP contribution in [0.5, 0.6) is 17.2 Å². The first-order chi connectivity index (χ1) is 17.9. The van der Waals surface area contributed by atoms with Gasteiger partial charge >= 0.3 is 0 Å². The molecule has 2 aliphatic rings. The van der Waals surface area contributed by atoms with Crippen molar-refractivity contribution in [2.45, 2.75) is 13.5 Å². The highest BCUT2D eigenvalue weighted by Crippen LogP contribution is 2.36. The fourth-order valence-corrected chi connectivity index (χ4v) is 5.21. The van der Waals surface area contributed by atoms with Gasteiger partial charge in [0.15, 0.2) is 18.1 Å². The number of amides is 2. The van der Waals surface area contributed by atoms with Crippen molar-refractivity contribution in [3.8, 4) is 17.2 Å². The number of halogens is 1. The van der Waals surface area contributed by atoms with E-state index in [9.17, 15) is 9.59 Å². The average Bonchev–Trinajstić information content (AvgIpc) is 3.45. The van der Waals surface area contributed by atoms with Crippen LogP contribution >= 0.6 is 35.6 Å². The number of benzene rings is 3. The van der Waals surface area contributed by atoms with E-state index in [0.29, 0.717) is 43.7 Å². The molecule has 0 bridgehead atoms. The third-order valence-electron chi connectivity index (χ3n) is 5.72. The van der Waals surface area contributed by atoms with Crippen LogP contribution in [0.25, 0.3) is 6.08 Å². The Morgan fingerprint density at radius 1 is 1.16 bits per heavy atom. The number of thioether (sulfide) groups is 1. The van der Waals surface area contributed by atoms with E-state index >= 15 is 0 Å². The first kappa shape index (κ1) is 25.1. The SMILES string of the molecule is Cc1c(Cl)cccc1NC(=O)COc1cccc(/C=C2\SC(=S)N(Cc3ccc4c(c3)OCO4)C2=O)c1. The first-order valence-electron chi connectivity index (χ1n) is 11.3. The van der Waals surface area contributed by atoms with Crippen LogP contribution in [0.3, 0.4) is 0 Å². The Balaban J connectivity index is 1.22. The lowest BCUT2D eigenvalue weighted by Crippen LogP contribution is -2.27. The topological polar surface area (TPSA) is 77.1 Å². The summed E-state index contributed by atoms with van der Waals surface area (Å²) in [6.45, 7) is 2.19. The largest absolute Gasteiger partial charge is 0.484 e. The van der Waals surface area contributed by atoms with E-state index in [1.807, 2.05) is 31.2 Å². The van der Waals surface area contributed by atoms with Gasteiger partial charge in [0.1, 0.15) is 10.1 Å². The van der Waals surface area contributed by atoms with E-state index in [1.165, 1.54) is 11.8 Å². The van der Waals surface area contributed by atoms with Crippen molar-refractivity contribution in [2.75, 3.05) is 18.7 Å². The molecule has 3 aromatic carbocycles. The van der Waals surface area contributed by atoms with Crippen LogP contribution in [0.2, 0.25) is 5.02 Å². The first-order valence-corrected chi connectivity index (χ1v) is 12.9. The molecule has 1 N–H and O–H groups in total. The van der Waals surface area contributed by atoms with E-state index in [1.54, 1.807) is 47.4 Å². The van der Waals surface area contributed by atoms with E-state index in [4.69, 9.17) is 38.0 Å². The van der Waals surface area contributed by atoms with Crippen LogP contribution in [0.1, 0.15) is 16.7 Å². The van der Waals surface area contributed by atoms with Crippen molar-refractivity contribution >= 4 is 63.5 Å². The number of hydrogen-bond donors (Lipinski definition) is 1. The monoisotopic (exact) mass is 552 g/mol. The van der Waals surface area contributed by atoms with Gasteiger partial charge in [-0.2, -0.15) is 0 Å². The number of anilines is 1. The van der Waals surface area contributed by atoms with E-state index < -0.39 is 0 Å². The zero-order valence-corrected chi connectivity index (χ0v) is 22.0. The van der Waals surface area contributed by atoms with Crippen molar-refractivity contribution in [3.63, 3.8) is 0 Å². The summed E-state index contributed by atoms with van der Waals surface area (Å²) in [4.78, 5) is 27.5. The Hall–Kier alpha value is -3.53. The number of thiocarbonyl (C=S) groups is 1. The Morgan fingerprint density at radius 2 is 1.97 bits per heavy atom. The van der Waals surface area contributed by atoms with Gasteiger partial charge in [-0.3, -0.25) is 14.5 Å². The maximum Gasteiger partial charge on any atom is 0.266 e. The molecule has 2 amide bonds. The lowest BCUT2D eigenvalue weighted by molar-refractivity contribution is -0.122. The van der Waals surface area contributed by atoms with Gasteiger partial charge in [-0.25, -0.2) is 0 Å². The maximum absolute atomic E-state index is 13.1. The average molecular weight is 553 g/mol. The summed E-state index contributed by atoms with van der Waals surface area (Å²) in [5.41, 5.74) is 3.07. The fraction of sp³-hybridized carbons (Fsp3) is 0.148. The molecule has 0 radical (unpaired) electrons. The van der Waals surface area contributed by atoms with E-state index in [2.05, 4.69) is 5.32 Å². The number of fused-ring (bicyclic) bond motifs is 1. The third-order valence-corrected chi connectivity index (χ3v) is 7.51. The van der Waals surface area contributed by atoms with Crippen molar-refractivity contribution in [2.24, 2.45) is 0 Å². The predicted octanol–water partition coefficient (Wildman–Crippen LogP) is 5.80. The molecule has 5 rings (SSSR count). The molecular formula is C27H21ClN2O5S2. The molecule has 2 aliphatic heterocycles. The van der Waals surface area contributed by atoms with Crippen LogP contribution in [0.4, 0.5) is 5.69 Å². The minimum atomic E-state index is -0.305. The molecule has 7 nitrogen and oxygen atoms in total. The second-order valence-corrected chi connectivity index (χ2v) is 10.4. The molecule has 1 fully saturated rings. The van der Waals surface area contributed by atoms with Gasteiger partial charge in [0.05, 0.1) is 11.4 Å². The van der Waals surface area contributed by atoms with Crippen molar-refractivity contribution in [1.82, 2.24) is 4.90 Å². The highest BCUT2D eigenvalue weighted by molar-refractivity contribution is 8.26. The second-order valence-electron chi connectivity index (χ2n) is 8.28. The van der Waals surface area contributed by atoms with Gasteiger partial charge in [-0.05, 0) is 66.1 Å². The van der Waals surface area contributed by atoms with Gasteiger partial charge in [-0.15, -0.1) is 0 Å². The number of hydrogen-bond acceptors (Lipinski definition) is 7. The minimum Gasteiger partial charge on any atom is -0.484 e. The van der Waals surface area contributed by atoms with Crippen LogP contribution < -0.4 is 19.5 Å². The number of carbonyl (C=O) groups is 2. The van der Waals surface area contributed by atoms with Gasteiger partial charge in [-0.1, -0.05) is 59.8 Å². The van der Waals surface area contributed by atoms with Crippen molar-refractivity contribution in [3.05, 3.63) is 87.3 Å². The van der Waals surface area contributed by atoms with Crippen molar-refractivity contribution < 1.29 is 23.8 Å². The molecule has 0 saturated carbocycles. The molecule has 0 aliphatic carbocycles. The Bertz CT molecular complexity index is 1440. The Labute approximate surface area is 228 Å². The molecule has 10 heteroatoms. The molecule has 37 heavy (non-hydrogen) atoms. The fourth-order valence-electron chi connectivity index (χ4n) is 3.78. The molecule has 0 unspecified atom stereocenters. The lowest BCUT2D eigenvalue weighted by atomic mass is 10.1. The van der Waals surface area contributed by atoms with Gasteiger partial charge < -0.3 is 19.5 Å². The minimum absolute atomic E-state index is 0.171. The normalized spacial score (nSPS) is 15.4. The van der Waals surface area contributed by atoms with Crippen LogP contribution in [-0.4, -0.2) is 34.4 Å². The summed E-state index contributed by atoms with van der Waals surface area (Å²) in [6.07, 6.45) is 1.77. The number of carbonyl (C=O) groups excluding carboxylic acids is 2. The summed E-state index contributed by atoms with van der Waals surface area (Å²) in [7, 11) is 0. The molecule has 3 aromatic rings. The van der Waals surface area contributed by atoms with Crippen LogP contribution in [-0.2, 0) is 16.1 Å². The zero-order chi connectivity index (χ0) is 25.9. The third kappa shape index (κ3) is 5.74. The van der Waals surface area contributed by atoms with E-state index in [0.717, 1.165) is 16.7 Å². The van der Waals surface area contributed by atoms with Gasteiger partial charge in [0, 0.05) is 10.7 Å². The maximum atomic E-state index is 13.1. The number of rotatable bonds is 7. The van der Waals surface area contributed by atoms with Gasteiger partial charge in [0.2, 0.25) is 6.79 Å². The molecule has 0 atom stereocenters. The highest BCUT2D eigenvalue weighted by atomic mass is 35.5. The van der Waals surface area contributed by atoms with Crippen LogP contribution in [0.15, 0.2) is 65.6 Å². The zero-order valence-electron chi connectivity index (χ0n) is 19.7. The van der Waals surface area contributed by atoms with Gasteiger partial charge in [0.25, 0.3) is 11.8 Å².